The molecule has 2 saturated heterocycles. The zero-order valence-electron chi connectivity index (χ0n) is 17.9. The summed E-state index contributed by atoms with van der Waals surface area (Å²) in [5.74, 6) is 1.62. The van der Waals surface area contributed by atoms with E-state index >= 15 is 0 Å². The molecule has 2 aliphatic rings. The molecule has 2 fully saturated rings. The lowest BCUT2D eigenvalue weighted by atomic mass is 9.97. The predicted molar refractivity (Wildman–Crippen MR) is 122 cm³/mol. The van der Waals surface area contributed by atoms with Crippen molar-refractivity contribution in [3.8, 4) is 0 Å². The number of nitrogens with one attached hydrogen (secondary N) is 2. The second kappa shape index (κ2) is 11.6. The van der Waals surface area contributed by atoms with E-state index in [-0.39, 0.29) is 0 Å². The molecule has 1 atom stereocenters. The number of anilines is 1. The molecule has 162 valence electrons. The number of nitrogens with zero attached hydrogens (tertiary/aromatic N) is 3. The highest BCUT2D eigenvalue weighted by Gasteiger charge is 2.23. The van der Waals surface area contributed by atoms with E-state index in [9.17, 15) is 0 Å². The first-order chi connectivity index (χ1) is 14.2. The fourth-order valence-electron chi connectivity index (χ4n) is 4.29. The van der Waals surface area contributed by atoms with Gasteiger partial charge in [0, 0.05) is 46.4 Å². The Balaban J connectivity index is 1.42. The Bertz CT molecular complexity index is 648. The molecular weight excluding hydrogens is 386 g/mol. The van der Waals surface area contributed by atoms with Crippen molar-refractivity contribution in [3.05, 3.63) is 29.3 Å². The zero-order valence-corrected chi connectivity index (χ0v) is 18.6. The molecule has 3 rings (SSSR count). The van der Waals surface area contributed by atoms with Crippen molar-refractivity contribution in [2.45, 2.75) is 31.7 Å². The van der Waals surface area contributed by atoms with Crippen LogP contribution in [0.15, 0.2) is 29.3 Å². The fraction of sp³-hybridized carbons (Fsp3) is 0.682. The van der Waals surface area contributed by atoms with Gasteiger partial charge in [0.25, 0.3) is 0 Å². The number of hydrogen-bond acceptors (Lipinski definition) is 4. The maximum atomic E-state index is 6.40. The predicted octanol–water partition coefficient (Wildman–Crippen LogP) is 2.83. The highest BCUT2D eigenvalue weighted by molar-refractivity contribution is 6.33. The molecule has 0 radical (unpaired) electrons. The number of likely N-dealkylation sites (tertiary alicyclic amines) is 1. The molecule has 2 aliphatic heterocycles. The summed E-state index contributed by atoms with van der Waals surface area (Å²) in [7, 11) is 3.63. The maximum absolute atomic E-state index is 6.40. The van der Waals surface area contributed by atoms with E-state index in [2.05, 4.69) is 37.6 Å². The van der Waals surface area contributed by atoms with E-state index < -0.39 is 0 Å². The summed E-state index contributed by atoms with van der Waals surface area (Å²) < 4.78 is 5.19. The van der Waals surface area contributed by atoms with Crippen molar-refractivity contribution in [2.75, 3.05) is 64.9 Å². The smallest absolute Gasteiger partial charge is 0.191 e. The van der Waals surface area contributed by atoms with Crippen LogP contribution in [-0.2, 0) is 4.74 Å². The van der Waals surface area contributed by atoms with Crippen LogP contribution in [0.1, 0.15) is 25.7 Å². The van der Waals surface area contributed by atoms with Gasteiger partial charge in [-0.25, -0.2) is 0 Å². The number of guanidine groups is 1. The fourth-order valence-corrected chi connectivity index (χ4v) is 4.54. The summed E-state index contributed by atoms with van der Waals surface area (Å²) in [4.78, 5) is 9.34. The number of aliphatic imine (C=N–C) groups is 1. The molecule has 0 aliphatic carbocycles. The Labute approximate surface area is 180 Å². The highest BCUT2D eigenvalue weighted by Crippen LogP contribution is 2.27. The molecule has 1 unspecified atom stereocenters. The van der Waals surface area contributed by atoms with Crippen molar-refractivity contribution in [3.63, 3.8) is 0 Å². The van der Waals surface area contributed by atoms with E-state index in [1.807, 2.05) is 19.2 Å². The maximum Gasteiger partial charge on any atom is 0.191 e. The summed E-state index contributed by atoms with van der Waals surface area (Å²) in [5, 5.41) is 8.02. The lowest BCUT2D eigenvalue weighted by Gasteiger charge is -2.36. The van der Waals surface area contributed by atoms with Gasteiger partial charge in [0.05, 0.1) is 17.3 Å². The highest BCUT2D eigenvalue weighted by atomic mass is 35.5. The molecule has 0 spiro atoms. The third kappa shape index (κ3) is 6.76. The van der Waals surface area contributed by atoms with Crippen molar-refractivity contribution in [1.82, 2.24) is 15.5 Å². The van der Waals surface area contributed by atoms with Gasteiger partial charge < -0.3 is 25.2 Å². The van der Waals surface area contributed by atoms with Crippen molar-refractivity contribution < 1.29 is 4.74 Å². The summed E-state index contributed by atoms with van der Waals surface area (Å²) in [5.41, 5.74) is 1.13. The van der Waals surface area contributed by atoms with E-state index in [1.54, 1.807) is 7.11 Å². The molecule has 2 N–H and O–H groups in total. The largest absolute Gasteiger partial charge is 0.383 e. The van der Waals surface area contributed by atoms with E-state index in [4.69, 9.17) is 16.3 Å². The number of rotatable bonds is 7. The molecule has 0 aromatic heterocycles. The van der Waals surface area contributed by atoms with Gasteiger partial charge in [0.1, 0.15) is 0 Å². The number of benzene rings is 1. The van der Waals surface area contributed by atoms with Crippen molar-refractivity contribution in [1.29, 1.82) is 0 Å². The molecule has 6 nitrogen and oxygen atoms in total. The Morgan fingerprint density at radius 3 is 2.72 bits per heavy atom. The minimum atomic E-state index is 0.377. The first kappa shape index (κ1) is 22.2. The average Bonchev–Trinajstić information content (AvgIpc) is 2.76. The van der Waals surface area contributed by atoms with E-state index in [0.717, 1.165) is 75.4 Å². The van der Waals surface area contributed by atoms with Gasteiger partial charge in [-0.05, 0) is 56.8 Å². The minimum Gasteiger partial charge on any atom is -0.383 e. The summed E-state index contributed by atoms with van der Waals surface area (Å²) in [6.45, 7) is 7.18. The Hall–Kier alpha value is -1.50. The number of ether oxygens (including phenoxy) is 1. The monoisotopic (exact) mass is 421 g/mol. The standard InChI is InChI=1S/C22H36ClN5O/c1-24-22(25-16-18-9-12-27(13-10-18)14-15-29-2)26-19-6-5-11-28(17-19)21-8-4-3-7-20(21)23/h3-4,7-8,18-19H,5-6,9-17H2,1-2H3,(H2,24,25,26). The van der Waals surface area contributed by atoms with Crippen molar-refractivity contribution >= 4 is 23.2 Å². The Morgan fingerprint density at radius 2 is 2.00 bits per heavy atom. The summed E-state index contributed by atoms with van der Waals surface area (Å²) in [6, 6.07) is 8.49. The SMILES string of the molecule is CN=C(NCC1CCN(CCOC)CC1)NC1CCCN(c2ccccc2Cl)C1. The molecular formula is C22H36ClN5O. The topological polar surface area (TPSA) is 52.1 Å². The van der Waals surface area contributed by atoms with Crippen LogP contribution in [0.4, 0.5) is 5.69 Å². The third-order valence-corrected chi connectivity index (χ3v) is 6.38. The van der Waals surface area contributed by atoms with Gasteiger partial charge in [-0.1, -0.05) is 23.7 Å². The lowest BCUT2D eigenvalue weighted by molar-refractivity contribution is 0.121. The molecule has 1 aromatic rings. The minimum absolute atomic E-state index is 0.377. The van der Waals surface area contributed by atoms with Crippen LogP contribution >= 0.6 is 11.6 Å². The van der Waals surface area contributed by atoms with Crippen LogP contribution < -0.4 is 15.5 Å². The number of methoxy groups -OCH3 is 1. The van der Waals surface area contributed by atoms with Crippen LogP contribution in [0.25, 0.3) is 0 Å². The zero-order chi connectivity index (χ0) is 20.5. The molecule has 29 heavy (non-hydrogen) atoms. The second-order valence-electron chi connectivity index (χ2n) is 8.11. The van der Waals surface area contributed by atoms with Crippen LogP contribution in [0, 0.1) is 5.92 Å². The van der Waals surface area contributed by atoms with Gasteiger partial charge >= 0.3 is 0 Å². The number of halogens is 1. The first-order valence-electron chi connectivity index (χ1n) is 10.9. The van der Waals surface area contributed by atoms with Crippen LogP contribution in [0.3, 0.4) is 0 Å². The van der Waals surface area contributed by atoms with Crippen LogP contribution in [-0.4, -0.2) is 76.9 Å². The summed E-state index contributed by atoms with van der Waals surface area (Å²) in [6.07, 6.45) is 4.77. The normalized spacial score (nSPS) is 22.0. The quantitative estimate of drug-likeness (QED) is 0.523. The van der Waals surface area contributed by atoms with Gasteiger partial charge in [0.2, 0.25) is 0 Å². The van der Waals surface area contributed by atoms with Gasteiger partial charge in [-0.2, -0.15) is 0 Å². The van der Waals surface area contributed by atoms with Gasteiger partial charge in [-0.3, -0.25) is 4.99 Å². The van der Waals surface area contributed by atoms with E-state index in [1.165, 1.54) is 12.8 Å². The van der Waals surface area contributed by atoms with Gasteiger partial charge in [0.15, 0.2) is 5.96 Å². The Morgan fingerprint density at radius 1 is 1.21 bits per heavy atom. The molecule has 0 bridgehead atoms. The number of piperidine rings is 2. The molecule has 1 aromatic carbocycles. The molecule has 0 saturated carbocycles. The number of hydrogen-bond donors (Lipinski definition) is 2. The average molecular weight is 422 g/mol. The lowest BCUT2D eigenvalue weighted by Crippen LogP contribution is -2.52. The summed E-state index contributed by atoms with van der Waals surface area (Å²) >= 11 is 6.40. The van der Waals surface area contributed by atoms with E-state index in [0.29, 0.717) is 12.0 Å². The second-order valence-corrected chi connectivity index (χ2v) is 8.52. The third-order valence-electron chi connectivity index (χ3n) is 6.06. The van der Waals surface area contributed by atoms with Gasteiger partial charge in [-0.15, -0.1) is 0 Å². The molecule has 2 heterocycles. The Kier molecular flexibility index (Phi) is 8.90. The van der Waals surface area contributed by atoms with Crippen LogP contribution in [0.5, 0.6) is 0 Å². The number of para-hydroxylation sites is 1. The molecule has 7 heteroatoms. The van der Waals surface area contributed by atoms with Crippen molar-refractivity contribution in [2.24, 2.45) is 10.9 Å². The molecule has 0 amide bonds. The van der Waals surface area contributed by atoms with Crippen LogP contribution in [0.2, 0.25) is 5.02 Å². The first-order valence-corrected chi connectivity index (χ1v) is 11.3.